The average molecular weight is 376 g/mol. The fourth-order valence-corrected chi connectivity index (χ4v) is 2.04. The first-order valence-corrected chi connectivity index (χ1v) is 7.66. The molecule has 2 aromatic rings. The fraction of sp³-hybridized carbons (Fsp3) is 0.375. The monoisotopic (exact) mass is 376 g/mol. The molecule has 142 valence electrons. The Kier molecular flexibility index (Phi) is 5.96. The van der Waals surface area contributed by atoms with Crippen molar-refractivity contribution in [1.82, 2.24) is 9.97 Å². The smallest absolute Gasteiger partial charge is 0.394 e. The first-order chi connectivity index (χ1) is 12.1. The van der Waals surface area contributed by atoms with Gasteiger partial charge >= 0.3 is 6.18 Å². The summed E-state index contributed by atoms with van der Waals surface area (Å²) in [6, 6.07) is 2.51. The number of anilines is 3. The molecule has 1 heterocycles. The minimum absolute atomic E-state index is 0.116. The molecule has 0 aliphatic rings. The van der Waals surface area contributed by atoms with E-state index in [1.165, 1.54) is 0 Å². The van der Waals surface area contributed by atoms with Crippen molar-refractivity contribution in [2.75, 3.05) is 17.2 Å². The van der Waals surface area contributed by atoms with Gasteiger partial charge in [0.15, 0.2) is 5.69 Å². The van der Waals surface area contributed by atoms with Crippen LogP contribution in [0.1, 0.15) is 19.5 Å². The summed E-state index contributed by atoms with van der Waals surface area (Å²) in [5, 5.41) is 14.2. The second kappa shape index (κ2) is 7.81. The molecule has 0 radical (unpaired) electrons. The van der Waals surface area contributed by atoms with Crippen molar-refractivity contribution in [3.8, 4) is 0 Å². The number of aliphatic hydroxyl groups is 1. The second-order valence-corrected chi connectivity index (χ2v) is 5.89. The molecule has 3 N–H and O–H groups in total. The first-order valence-electron chi connectivity index (χ1n) is 7.66. The van der Waals surface area contributed by atoms with E-state index >= 15 is 0 Å². The number of hydrogen-bond acceptors (Lipinski definition) is 5. The van der Waals surface area contributed by atoms with Crippen LogP contribution in [0.4, 0.5) is 39.4 Å². The van der Waals surface area contributed by atoms with Crippen LogP contribution >= 0.6 is 0 Å². The lowest BCUT2D eigenvalue weighted by molar-refractivity contribution is -0.141. The van der Waals surface area contributed by atoms with Crippen LogP contribution in [-0.2, 0) is 6.18 Å². The zero-order chi connectivity index (χ0) is 19.5. The number of alkyl halides is 3. The maximum absolute atomic E-state index is 13.7. The van der Waals surface area contributed by atoms with Crippen LogP contribution in [0.15, 0.2) is 24.3 Å². The van der Waals surface area contributed by atoms with Crippen molar-refractivity contribution >= 4 is 17.5 Å². The third-order valence-corrected chi connectivity index (χ3v) is 3.52. The quantitative estimate of drug-likeness (QED) is 0.666. The number of halogens is 5. The molecule has 0 amide bonds. The van der Waals surface area contributed by atoms with E-state index in [4.69, 9.17) is 0 Å². The molecule has 0 saturated carbocycles. The highest BCUT2D eigenvalue weighted by molar-refractivity contribution is 5.58. The molecule has 0 saturated heterocycles. The van der Waals surface area contributed by atoms with Crippen LogP contribution in [0.3, 0.4) is 0 Å². The van der Waals surface area contributed by atoms with Gasteiger partial charge in [-0.2, -0.15) is 18.2 Å². The van der Waals surface area contributed by atoms with E-state index in [0.717, 1.165) is 18.2 Å². The lowest BCUT2D eigenvalue weighted by Crippen LogP contribution is -2.30. The SMILES string of the molecule is CC(C)[C@@H](CO)Nc1nc(Nc2cc(F)ccc2F)cc(C(F)(F)F)n1. The number of nitrogens with one attached hydrogen (secondary N) is 2. The van der Waals surface area contributed by atoms with E-state index in [-0.39, 0.29) is 24.0 Å². The van der Waals surface area contributed by atoms with Gasteiger partial charge in [0.1, 0.15) is 17.5 Å². The third kappa shape index (κ3) is 5.01. The number of rotatable bonds is 6. The predicted molar refractivity (Wildman–Crippen MR) is 86.0 cm³/mol. The van der Waals surface area contributed by atoms with Gasteiger partial charge in [-0.25, -0.2) is 13.8 Å². The Balaban J connectivity index is 2.41. The van der Waals surface area contributed by atoms with Gasteiger partial charge in [-0.1, -0.05) is 13.8 Å². The van der Waals surface area contributed by atoms with Gasteiger partial charge in [-0.05, 0) is 18.1 Å². The molecule has 0 aliphatic heterocycles. The Labute approximate surface area is 146 Å². The summed E-state index contributed by atoms with van der Waals surface area (Å²) in [6.45, 7) is 3.16. The number of hydrogen-bond donors (Lipinski definition) is 3. The molecular weight excluding hydrogens is 359 g/mol. The number of benzene rings is 1. The number of aliphatic hydroxyl groups excluding tert-OH is 1. The zero-order valence-electron chi connectivity index (χ0n) is 13.9. The van der Waals surface area contributed by atoms with E-state index in [0.29, 0.717) is 6.07 Å². The van der Waals surface area contributed by atoms with Crippen molar-refractivity contribution in [3.63, 3.8) is 0 Å². The molecule has 2 rings (SSSR count). The van der Waals surface area contributed by atoms with E-state index in [1.807, 2.05) is 0 Å². The minimum atomic E-state index is -4.77. The van der Waals surface area contributed by atoms with Gasteiger partial charge < -0.3 is 15.7 Å². The van der Waals surface area contributed by atoms with E-state index in [1.54, 1.807) is 13.8 Å². The molecule has 0 fully saturated rings. The van der Waals surface area contributed by atoms with Gasteiger partial charge in [0.05, 0.1) is 18.3 Å². The van der Waals surface area contributed by atoms with Crippen LogP contribution in [0.25, 0.3) is 0 Å². The highest BCUT2D eigenvalue weighted by Crippen LogP contribution is 2.31. The highest BCUT2D eigenvalue weighted by atomic mass is 19.4. The molecule has 5 nitrogen and oxygen atoms in total. The van der Waals surface area contributed by atoms with E-state index in [9.17, 15) is 27.1 Å². The molecule has 1 aromatic carbocycles. The lowest BCUT2D eigenvalue weighted by atomic mass is 10.1. The van der Waals surface area contributed by atoms with Crippen molar-refractivity contribution in [2.45, 2.75) is 26.1 Å². The fourth-order valence-electron chi connectivity index (χ4n) is 2.04. The van der Waals surface area contributed by atoms with Gasteiger partial charge in [0, 0.05) is 12.1 Å². The molecule has 0 spiro atoms. The maximum atomic E-state index is 13.7. The normalized spacial score (nSPS) is 13.0. The summed E-state index contributed by atoms with van der Waals surface area (Å²) in [4.78, 5) is 7.24. The Morgan fingerprint density at radius 1 is 1.12 bits per heavy atom. The number of nitrogens with zero attached hydrogens (tertiary/aromatic N) is 2. The number of aromatic nitrogens is 2. The molecular formula is C16H17F5N4O. The molecule has 26 heavy (non-hydrogen) atoms. The van der Waals surface area contributed by atoms with Crippen molar-refractivity contribution in [1.29, 1.82) is 0 Å². The standard InChI is InChI=1S/C16H17F5N4O/c1-8(2)12(7-26)23-15-24-13(16(19,20)21)6-14(25-15)22-11-5-9(17)3-4-10(11)18/h3-6,8,12,26H,7H2,1-2H3,(H2,22,23,24,25)/t12-/m1/s1. The summed E-state index contributed by atoms with van der Waals surface area (Å²) in [5.74, 6) is -2.51. The average Bonchev–Trinajstić information content (AvgIpc) is 2.54. The summed E-state index contributed by atoms with van der Waals surface area (Å²) >= 11 is 0. The molecule has 0 aliphatic carbocycles. The predicted octanol–water partition coefficient (Wildman–Crippen LogP) is 3.95. The largest absolute Gasteiger partial charge is 0.433 e. The summed E-state index contributed by atoms with van der Waals surface area (Å²) in [5.41, 5.74) is -1.64. The first kappa shape index (κ1) is 19.8. The van der Waals surface area contributed by atoms with Gasteiger partial charge in [-0.15, -0.1) is 0 Å². The molecule has 0 unspecified atom stereocenters. The summed E-state index contributed by atoms with van der Waals surface area (Å²) in [6.07, 6.45) is -4.77. The Bertz CT molecular complexity index is 767. The van der Waals surface area contributed by atoms with Crippen molar-refractivity contribution < 1.29 is 27.1 Å². The van der Waals surface area contributed by atoms with Gasteiger partial charge in [0.2, 0.25) is 5.95 Å². The third-order valence-electron chi connectivity index (χ3n) is 3.52. The molecule has 1 atom stereocenters. The molecule has 10 heteroatoms. The topological polar surface area (TPSA) is 70.1 Å². The van der Waals surface area contributed by atoms with Crippen LogP contribution in [0.2, 0.25) is 0 Å². The molecule has 0 bridgehead atoms. The van der Waals surface area contributed by atoms with Crippen LogP contribution < -0.4 is 10.6 Å². The maximum Gasteiger partial charge on any atom is 0.433 e. The van der Waals surface area contributed by atoms with Gasteiger partial charge in [-0.3, -0.25) is 0 Å². The van der Waals surface area contributed by atoms with Crippen LogP contribution in [0.5, 0.6) is 0 Å². The van der Waals surface area contributed by atoms with Gasteiger partial charge in [0.25, 0.3) is 0 Å². The van der Waals surface area contributed by atoms with E-state index in [2.05, 4.69) is 20.6 Å². The van der Waals surface area contributed by atoms with Crippen molar-refractivity contribution in [2.24, 2.45) is 5.92 Å². The summed E-state index contributed by atoms with van der Waals surface area (Å²) < 4.78 is 66.2. The summed E-state index contributed by atoms with van der Waals surface area (Å²) in [7, 11) is 0. The Morgan fingerprint density at radius 3 is 2.38 bits per heavy atom. The Hall–Kier alpha value is -2.49. The minimum Gasteiger partial charge on any atom is -0.394 e. The van der Waals surface area contributed by atoms with Crippen LogP contribution in [0, 0.1) is 17.6 Å². The van der Waals surface area contributed by atoms with E-state index < -0.39 is 35.5 Å². The highest BCUT2D eigenvalue weighted by Gasteiger charge is 2.34. The second-order valence-electron chi connectivity index (χ2n) is 5.89. The zero-order valence-corrected chi connectivity index (χ0v) is 13.9. The van der Waals surface area contributed by atoms with Crippen LogP contribution in [-0.4, -0.2) is 27.7 Å². The lowest BCUT2D eigenvalue weighted by Gasteiger charge is -2.21. The molecule has 1 aromatic heterocycles. The Morgan fingerprint density at radius 2 is 1.81 bits per heavy atom. The van der Waals surface area contributed by atoms with Crippen molar-refractivity contribution in [3.05, 3.63) is 41.6 Å².